The van der Waals surface area contributed by atoms with E-state index in [1.54, 1.807) is 0 Å². The molecule has 0 spiro atoms. The van der Waals surface area contributed by atoms with Crippen LogP contribution in [0.5, 0.6) is 11.5 Å². The number of imidazole rings is 1. The van der Waals surface area contributed by atoms with Crippen molar-refractivity contribution in [1.82, 2.24) is 14.5 Å². The number of aromatic nitrogens is 2. The fourth-order valence-electron chi connectivity index (χ4n) is 3.91. The zero-order valence-electron chi connectivity index (χ0n) is 15.5. The van der Waals surface area contributed by atoms with Gasteiger partial charge in [-0.3, -0.25) is 0 Å². The van der Waals surface area contributed by atoms with Crippen LogP contribution in [0.15, 0.2) is 30.6 Å². The van der Waals surface area contributed by atoms with Gasteiger partial charge in [-0.2, -0.15) is 0 Å². The maximum absolute atomic E-state index is 11.0. The highest BCUT2D eigenvalue weighted by Gasteiger charge is 2.32. The van der Waals surface area contributed by atoms with E-state index in [-0.39, 0.29) is 5.92 Å². The van der Waals surface area contributed by atoms with E-state index in [4.69, 9.17) is 9.47 Å². The van der Waals surface area contributed by atoms with Crippen LogP contribution in [0.25, 0.3) is 0 Å². The Morgan fingerprint density at radius 3 is 2.81 bits per heavy atom. The first-order valence-electron chi connectivity index (χ1n) is 9.33. The molecule has 0 radical (unpaired) electrons. The number of likely N-dealkylation sites (tertiary alicyclic amines) is 1. The van der Waals surface area contributed by atoms with E-state index in [0.717, 1.165) is 49.7 Å². The summed E-state index contributed by atoms with van der Waals surface area (Å²) in [6.07, 6.45) is 6.30. The Hall–Kier alpha value is -2.05. The number of aliphatic hydroxyl groups is 1. The molecule has 1 aromatic carbocycles. The predicted octanol–water partition coefficient (Wildman–Crippen LogP) is 2.41. The van der Waals surface area contributed by atoms with Gasteiger partial charge >= 0.3 is 0 Å². The third-order valence-corrected chi connectivity index (χ3v) is 5.55. The molecule has 2 aliphatic rings. The lowest BCUT2D eigenvalue weighted by atomic mass is 9.91. The summed E-state index contributed by atoms with van der Waals surface area (Å²) in [6.45, 7) is 4.97. The van der Waals surface area contributed by atoms with Gasteiger partial charge < -0.3 is 24.0 Å². The van der Waals surface area contributed by atoms with Crippen LogP contribution >= 0.6 is 0 Å². The molecule has 3 heterocycles. The lowest BCUT2D eigenvalue weighted by Crippen LogP contribution is -2.45. The summed E-state index contributed by atoms with van der Waals surface area (Å²) in [7, 11) is 2.11. The Bertz CT molecular complexity index is 765. The molecule has 0 saturated carbocycles. The molecule has 26 heavy (non-hydrogen) atoms. The molecule has 1 atom stereocenters. The van der Waals surface area contributed by atoms with Crippen molar-refractivity contribution in [3.05, 3.63) is 42.0 Å². The Kier molecular flexibility index (Phi) is 4.63. The van der Waals surface area contributed by atoms with Crippen LogP contribution in [-0.2, 0) is 13.0 Å². The molecule has 6 nitrogen and oxygen atoms in total. The zero-order chi connectivity index (χ0) is 18.1. The van der Waals surface area contributed by atoms with Crippen LogP contribution in [0, 0.1) is 0 Å². The number of piperidine rings is 1. The first kappa shape index (κ1) is 17.4. The summed E-state index contributed by atoms with van der Waals surface area (Å²) in [4.78, 5) is 6.85. The van der Waals surface area contributed by atoms with E-state index < -0.39 is 5.60 Å². The van der Waals surface area contributed by atoms with Gasteiger partial charge in [-0.05, 0) is 44.0 Å². The van der Waals surface area contributed by atoms with Gasteiger partial charge in [-0.1, -0.05) is 13.0 Å². The summed E-state index contributed by atoms with van der Waals surface area (Å²) in [5.41, 5.74) is 0.565. The van der Waals surface area contributed by atoms with Crippen molar-refractivity contribution in [2.24, 2.45) is 0 Å². The van der Waals surface area contributed by atoms with E-state index in [1.165, 1.54) is 5.56 Å². The molecule has 1 unspecified atom stereocenters. The maximum atomic E-state index is 11.0. The van der Waals surface area contributed by atoms with Gasteiger partial charge in [0.25, 0.3) is 0 Å². The van der Waals surface area contributed by atoms with E-state index >= 15 is 0 Å². The van der Waals surface area contributed by atoms with E-state index in [9.17, 15) is 5.11 Å². The lowest BCUT2D eigenvalue weighted by Gasteiger charge is -2.37. The minimum atomic E-state index is -0.638. The van der Waals surface area contributed by atoms with Crippen LogP contribution in [-0.4, -0.2) is 52.1 Å². The minimum absolute atomic E-state index is 0.250. The number of hydrogen-bond acceptors (Lipinski definition) is 5. The van der Waals surface area contributed by atoms with Crippen LogP contribution in [0.3, 0.4) is 0 Å². The monoisotopic (exact) mass is 357 g/mol. The minimum Gasteiger partial charge on any atom is -0.454 e. The number of benzene rings is 1. The first-order chi connectivity index (χ1) is 12.5. The van der Waals surface area contributed by atoms with E-state index in [1.807, 2.05) is 18.5 Å². The van der Waals surface area contributed by atoms with Crippen molar-refractivity contribution in [2.75, 3.05) is 26.9 Å². The molecule has 1 fully saturated rings. The topological polar surface area (TPSA) is 59.8 Å². The molecule has 0 aliphatic carbocycles. The molecular weight excluding hydrogens is 330 g/mol. The van der Waals surface area contributed by atoms with Crippen molar-refractivity contribution < 1.29 is 14.6 Å². The molecule has 6 heteroatoms. The van der Waals surface area contributed by atoms with Crippen LogP contribution in [0.2, 0.25) is 0 Å². The fraction of sp³-hybridized carbons (Fsp3) is 0.550. The number of nitrogens with zero attached hydrogens (tertiary/aromatic N) is 3. The van der Waals surface area contributed by atoms with E-state index in [0.29, 0.717) is 13.3 Å². The summed E-state index contributed by atoms with van der Waals surface area (Å²) < 4.78 is 13.0. The smallest absolute Gasteiger partial charge is 0.231 e. The van der Waals surface area contributed by atoms with E-state index in [2.05, 4.69) is 40.6 Å². The summed E-state index contributed by atoms with van der Waals surface area (Å²) in [5, 5.41) is 11.0. The van der Waals surface area contributed by atoms with Crippen molar-refractivity contribution in [3.63, 3.8) is 0 Å². The van der Waals surface area contributed by atoms with Gasteiger partial charge in [-0.15, -0.1) is 0 Å². The molecule has 2 aromatic rings. The second-order valence-corrected chi connectivity index (χ2v) is 7.73. The van der Waals surface area contributed by atoms with Gasteiger partial charge in [0, 0.05) is 31.4 Å². The summed E-state index contributed by atoms with van der Waals surface area (Å²) >= 11 is 0. The largest absolute Gasteiger partial charge is 0.454 e. The Morgan fingerprint density at radius 2 is 2.00 bits per heavy atom. The summed E-state index contributed by atoms with van der Waals surface area (Å²) in [6, 6.07) is 6.11. The molecule has 1 N–H and O–H groups in total. The lowest BCUT2D eigenvalue weighted by molar-refractivity contribution is -0.0297. The van der Waals surface area contributed by atoms with Gasteiger partial charge in [0.05, 0.1) is 12.1 Å². The standard InChI is InChI=1S/C20H27N3O3/c1-15(11-16-3-4-17-18(12-16)26-14-25-17)19-21-7-10-23(19)13-20(24)5-8-22(2)9-6-20/h3-4,7,10,12,15,24H,5-6,8-9,11,13-14H2,1-2H3. The van der Waals surface area contributed by atoms with Crippen molar-refractivity contribution in [1.29, 1.82) is 0 Å². The molecule has 1 aromatic heterocycles. The molecule has 0 bridgehead atoms. The highest BCUT2D eigenvalue weighted by Crippen LogP contribution is 2.34. The third-order valence-electron chi connectivity index (χ3n) is 5.55. The van der Waals surface area contributed by atoms with Crippen LogP contribution in [0.1, 0.15) is 37.1 Å². The number of rotatable bonds is 5. The normalized spacial score (nSPS) is 20.3. The Morgan fingerprint density at radius 1 is 1.23 bits per heavy atom. The maximum Gasteiger partial charge on any atom is 0.231 e. The van der Waals surface area contributed by atoms with Gasteiger partial charge in [0.2, 0.25) is 6.79 Å². The Labute approximate surface area is 154 Å². The molecular formula is C20H27N3O3. The van der Waals surface area contributed by atoms with Gasteiger partial charge in [0.15, 0.2) is 11.5 Å². The number of ether oxygens (including phenoxy) is 2. The highest BCUT2D eigenvalue weighted by atomic mass is 16.7. The fourth-order valence-corrected chi connectivity index (χ4v) is 3.91. The predicted molar refractivity (Wildman–Crippen MR) is 98.6 cm³/mol. The average molecular weight is 357 g/mol. The first-order valence-corrected chi connectivity index (χ1v) is 9.33. The number of hydrogen-bond donors (Lipinski definition) is 1. The molecule has 140 valence electrons. The average Bonchev–Trinajstić information content (AvgIpc) is 3.26. The molecule has 0 amide bonds. The summed E-state index contributed by atoms with van der Waals surface area (Å²) in [5.74, 6) is 2.90. The van der Waals surface area contributed by atoms with Crippen LogP contribution < -0.4 is 9.47 Å². The van der Waals surface area contributed by atoms with Gasteiger partial charge in [-0.25, -0.2) is 4.98 Å². The SMILES string of the molecule is CC(Cc1ccc2c(c1)OCO2)c1nccn1CC1(O)CCN(C)CC1. The molecule has 2 aliphatic heterocycles. The third kappa shape index (κ3) is 3.57. The zero-order valence-corrected chi connectivity index (χ0v) is 15.5. The van der Waals surface area contributed by atoms with Crippen molar-refractivity contribution in [2.45, 2.75) is 44.2 Å². The van der Waals surface area contributed by atoms with Crippen molar-refractivity contribution in [3.8, 4) is 11.5 Å². The quantitative estimate of drug-likeness (QED) is 0.890. The second-order valence-electron chi connectivity index (χ2n) is 7.73. The molecule has 1 saturated heterocycles. The van der Waals surface area contributed by atoms with Crippen LogP contribution in [0.4, 0.5) is 0 Å². The van der Waals surface area contributed by atoms with Gasteiger partial charge in [0.1, 0.15) is 5.82 Å². The van der Waals surface area contributed by atoms with Crippen molar-refractivity contribution >= 4 is 0 Å². The number of fused-ring (bicyclic) bond motifs is 1. The Balaban J connectivity index is 1.46. The highest BCUT2D eigenvalue weighted by molar-refractivity contribution is 5.44. The molecule has 4 rings (SSSR count). The second kappa shape index (κ2) is 6.93.